The van der Waals surface area contributed by atoms with Gasteiger partial charge in [0.15, 0.2) is 5.82 Å². The molecule has 1 aliphatic rings. The fraction of sp³-hybridized carbons (Fsp3) is 0.300. The summed E-state index contributed by atoms with van der Waals surface area (Å²) < 4.78 is 7.09. The summed E-state index contributed by atoms with van der Waals surface area (Å²) in [6.07, 6.45) is -0.230. The predicted molar refractivity (Wildman–Crippen MR) is 102 cm³/mol. The zero-order chi connectivity index (χ0) is 17.9. The Bertz CT molecular complexity index is 899. The van der Waals surface area contributed by atoms with E-state index in [2.05, 4.69) is 29.2 Å². The number of anilines is 1. The first-order valence-electron chi connectivity index (χ1n) is 8.98. The van der Waals surface area contributed by atoms with Crippen molar-refractivity contribution in [3.8, 4) is 5.69 Å². The van der Waals surface area contributed by atoms with Crippen molar-refractivity contribution >= 4 is 22.8 Å². The van der Waals surface area contributed by atoms with E-state index in [9.17, 15) is 4.79 Å². The van der Waals surface area contributed by atoms with Crippen molar-refractivity contribution in [3.63, 3.8) is 0 Å². The zero-order valence-electron chi connectivity index (χ0n) is 14.8. The Kier molecular flexibility index (Phi) is 4.48. The number of rotatable bonds is 3. The molecule has 0 bridgehead atoms. The van der Waals surface area contributed by atoms with Gasteiger partial charge in [-0.05, 0) is 31.2 Å². The summed E-state index contributed by atoms with van der Waals surface area (Å²) in [6, 6.07) is 18.4. The van der Waals surface area contributed by atoms with Crippen molar-refractivity contribution in [3.05, 3.63) is 54.6 Å². The first-order valence-corrected chi connectivity index (χ1v) is 8.98. The van der Waals surface area contributed by atoms with E-state index in [1.54, 1.807) is 4.90 Å². The minimum absolute atomic E-state index is 0.230. The smallest absolute Gasteiger partial charge is 0.409 e. The summed E-state index contributed by atoms with van der Waals surface area (Å²) in [5.41, 5.74) is 2.13. The van der Waals surface area contributed by atoms with Crippen LogP contribution in [-0.2, 0) is 4.74 Å². The van der Waals surface area contributed by atoms with Gasteiger partial charge in [0.05, 0.1) is 17.8 Å². The quantitative estimate of drug-likeness (QED) is 0.727. The van der Waals surface area contributed by atoms with Crippen LogP contribution in [0.2, 0.25) is 0 Å². The molecule has 1 amide bonds. The Labute approximate surface area is 152 Å². The molecule has 2 heterocycles. The Morgan fingerprint density at radius 1 is 1.00 bits per heavy atom. The lowest BCUT2D eigenvalue weighted by Crippen LogP contribution is -2.49. The van der Waals surface area contributed by atoms with Crippen LogP contribution in [0.5, 0.6) is 0 Å². The topological polar surface area (TPSA) is 50.6 Å². The van der Waals surface area contributed by atoms with Crippen molar-refractivity contribution < 1.29 is 9.53 Å². The van der Waals surface area contributed by atoms with Gasteiger partial charge in [0.2, 0.25) is 0 Å². The van der Waals surface area contributed by atoms with Crippen molar-refractivity contribution in [1.82, 2.24) is 14.7 Å². The van der Waals surface area contributed by atoms with Crippen LogP contribution in [0.25, 0.3) is 16.6 Å². The van der Waals surface area contributed by atoms with Crippen LogP contribution < -0.4 is 4.90 Å². The lowest BCUT2D eigenvalue weighted by Gasteiger charge is -2.34. The van der Waals surface area contributed by atoms with Crippen LogP contribution in [0, 0.1) is 0 Å². The largest absolute Gasteiger partial charge is 0.450 e. The second-order valence-corrected chi connectivity index (χ2v) is 6.26. The Morgan fingerprint density at radius 3 is 2.42 bits per heavy atom. The summed E-state index contributed by atoms with van der Waals surface area (Å²) in [5.74, 6) is 0.966. The van der Waals surface area contributed by atoms with Crippen molar-refractivity contribution in [1.29, 1.82) is 0 Å². The second kappa shape index (κ2) is 7.07. The van der Waals surface area contributed by atoms with Gasteiger partial charge in [-0.25, -0.2) is 9.48 Å². The van der Waals surface area contributed by atoms with E-state index < -0.39 is 0 Å². The van der Waals surface area contributed by atoms with Crippen LogP contribution in [0.15, 0.2) is 54.6 Å². The number of nitrogens with zero attached hydrogens (tertiary/aromatic N) is 4. The highest BCUT2D eigenvalue weighted by molar-refractivity contribution is 5.92. The molecule has 6 heteroatoms. The first-order chi connectivity index (χ1) is 12.8. The standard InChI is InChI=1S/C20H22N4O2/c1-2-26-20(25)23-14-12-22(13-15-23)19-17-10-6-7-11-18(17)24(21-19)16-8-4-3-5-9-16/h3-11H,2,12-15H2,1H3. The number of carbonyl (C=O) groups excluding carboxylic acids is 1. The van der Waals surface area contributed by atoms with Gasteiger partial charge in [-0.15, -0.1) is 5.10 Å². The number of hydrogen-bond donors (Lipinski definition) is 0. The number of ether oxygens (including phenoxy) is 1. The van der Waals surface area contributed by atoms with E-state index in [1.807, 2.05) is 41.9 Å². The maximum atomic E-state index is 11.9. The lowest BCUT2D eigenvalue weighted by atomic mass is 10.2. The number of carbonyl (C=O) groups is 1. The average Bonchev–Trinajstić information content (AvgIpc) is 3.09. The Hall–Kier alpha value is -3.02. The molecular weight excluding hydrogens is 328 g/mol. The molecule has 0 atom stereocenters. The van der Waals surface area contributed by atoms with E-state index >= 15 is 0 Å². The third kappa shape index (κ3) is 2.98. The summed E-state index contributed by atoms with van der Waals surface area (Å²) >= 11 is 0. The maximum Gasteiger partial charge on any atom is 0.409 e. The molecule has 3 aromatic rings. The van der Waals surface area contributed by atoms with Crippen LogP contribution in [0.1, 0.15) is 6.92 Å². The number of benzene rings is 2. The molecule has 0 radical (unpaired) electrons. The SMILES string of the molecule is CCOC(=O)N1CCN(c2nn(-c3ccccc3)c3ccccc23)CC1. The lowest BCUT2D eigenvalue weighted by molar-refractivity contribution is 0.105. The molecule has 4 rings (SSSR count). The molecule has 0 saturated carbocycles. The van der Waals surface area contributed by atoms with E-state index in [0.717, 1.165) is 35.5 Å². The van der Waals surface area contributed by atoms with Crippen molar-refractivity contribution in [2.75, 3.05) is 37.7 Å². The Balaban J connectivity index is 1.63. The first kappa shape index (κ1) is 16.4. The minimum Gasteiger partial charge on any atom is -0.450 e. The van der Waals surface area contributed by atoms with Gasteiger partial charge in [0.1, 0.15) is 0 Å². The van der Waals surface area contributed by atoms with Gasteiger partial charge >= 0.3 is 6.09 Å². The number of para-hydroxylation sites is 2. The number of hydrogen-bond acceptors (Lipinski definition) is 4. The third-order valence-corrected chi connectivity index (χ3v) is 4.67. The zero-order valence-corrected chi connectivity index (χ0v) is 14.8. The van der Waals surface area contributed by atoms with Crippen molar-refractivity contribution in [2.45, 2.75) is 6.92 Å². The molecule has 134 valence electrons. The average molecular weight is 350 g/mol. The highest BCUT2D eigenvalue weighted by atomic mass is 16.6. The number of aromatic nitrogens is 2. The van der Waals surface area contributed by atoms with Crippen LogP contribution in [0.3, 0.4) is 0 Å². The minimum atomic E-state index is -0.230. The summed E-state index contributed by atoms with van der Waals surface area (Å²) in [6.45, 7) is 5.02. The van der Waals surface area contributed by atoms with Gasteiger partial charge in [0.25, 0.3) is 0 Å². The number of amides is 1. The predicted octanol–water partition coefficient (Wildman–Crippen LogP) is 3.30. The molecule has 1 aliphatic heterocycles. The summed E-state index contributed by atoms with van der Waals surface area (Å²) in [5, 5.41) is 6.02. The highest BCUT2D eigenvalue weighted by Crippen LogP contribution is 2.29. The second-order valence-electron chi connectivity index (χ2n) is 6.26. The van der Waals surface area contributed by atoms with E-state index in [4.69, 9.17) is 9.84 Å². The molecule has 26 heavy (non-hydrogen) atoms. The molecule has 0 aliphatic carbocycles. The molecule has 0 N–H and O–H groups in total. The van der Waals surface area contributed by atoms with Gasteiger partial charge in [-0.2, -0.15) is 0 Å². The molecule has 0 unspecified atom stereocenters. The highest BCUT2D eigenvalue weighted by Gasteiger charge is 2.25. The number of piperazine rings is 1. The fourth-order valence-corrected chi connectivity index (χ4v) is 3.37. The summed E-state index contributed by atoms with van der Waals surface area (Å²) in [4.78, 5) is 15.9. The van der Waals surface area contributed by atoms with E-state index in [-0.39, 0.29) is 6.09 Å². The van der Waals surface area contributed by atoms with E-state index in [1.165, 1.54) is 0 Å². The van der Waals surface area contributed by atoms with Gasteiger partial charge in [-0.3, -0.25) is 0 Å². The molecule has 1 fully saturated rings. The summed E-state index contributed by atoms with van der Waals surface area (Å²) in [7, 11) is 0. The van der Waals surface area contributed by atoms with Gasteiger partial charge in [-0.1, -0.05) is 30.3 Å². The Morgan fingerprint density at radius 2 is 1.69 bits per heavy atom. The van der Waals surface area contributed by atoms with E-state index in [0.29, 0.717) is 19.7 Å². The normalized spacial score (nSPS) is 14.7. The monoisotopic (exact) mass is 350 g/mol. The molecule has 0 spiro atoms. The molecule has 2 aromatic carbocycles. The maximum absolute atomic E-state index is 11.9. The van der Waals surface area contributed by atoms with Crippen molar-refractivity contribution in [2.24, 2.45) is 0 Å². The van der Waals surface area contributed by atoms with Crippen LogP contribution in [-0.4, -0.2) is 53.6 Å². The molecular formula is C20H22N4O2. The van der Waals surface area contributed by atoms with Gasteiger partial charge < -0.3 is 14.5 Å². The molecule has 1 saturated heterocycles. The molecule has 6 nitrogen and oxygen atoms in total. The fourth-order valence-electron chi connectivity index (χ4n) is 3.37. The molecule has 1 aromatic heterocycles. The van der Waals surface area contributed by atoms with Gasteiger partial charge in [0, 0.05) is 31.6 Å². The number of fused-ring (bicyclic) bond motifs is 1. The van der Waals surface area contributed by atoms with Crippen LogP contribution in [0.4, 0.5) is 10.6 Å². The van der Waals surface area contributed by atoms with Crippen LogP contribution >= 0.6 is 0 Å². The third-order valence-electron chi connectivity index (χ3n) is 4.67.